The van der Waals surface area contributed by atoms with E-state index < -0.39 is 25.9 Å². The maximum Gasteiger partial charge on any atom is 1.00 e. The van der Waals surface area contributed by atoms with Gasteiger partial charge in [0.1, 0.15) is 0 Å². The van der Waals surface area contributed by atoms with Crippen molar-refractivity contribution in [2.45, 2.75) is 12.8 Å². The Balaban J connectivity index is 0.00000289. The molecule has 7 nitrogen and oxygen atoms in total. The van der Waals surface area contributed by atoms with Gasteiger partial charge in [0, 0.05) is 11.1 Å². The second kappa shape index (κ2) is 7.64. The molecule has 0 bridgehead atoms. The van der Waals surface area contributed by atoms with Gasteiger partial charge in [-0.25, -0.2) is 21.8 Å². The quantitative estimate of drug-likeness (QED) is 0.436. The van der Waals surface area contributed by atoms with Crippen LogP contribution >= 0.6 is 11.3 Å². The first kappa shape index (κ1) is 18.9. The minimum atomic E-state index is -4.20. The Labute approximate surface area is 153 Å². The van der Waals surface area contributed by atoms with E-state index in [0.29, 0.717) is 12.1 Å². The summed E-state index contributed by atoms with van der Waals surface area (Å²) >= 11 is 1.11. The summed E-state index contributed by atoms with van der Waals surface area (Å²) in [6.07, 6.45) is 1.51. The molecule has 1 N–H and O–H groups in total. The summed E-state index contributed by atoms with van der Waals surface area (Å²) in [5, 5.41) is 1.85. The molecule has 98 valence electrons. The van der Waals surface area contributed by atoms with Gasteiger partial charge in [-0.3, -0.25) is 4.72 Å². The monoisotopic (exact) mass is 338 g/mol. The van der Waals surface area contributed by atoms with Crippen LogP contribution in [0.15, 0.2) is 5.38 Å². The van der Waals surface area contributed by atoms with Gasteiger partial charge in [-0.1, -0.05) is 0 Å². The predicted octanol–water partition coefficient (Wildman–Crippen LogP) is -3.00. The van der Waals surface area contributed by atoms with Crippen LogP contribution in [0.2, 0.25) is 0 Å². The summed E-state index contributed by atoms with van der Waals surface area (Å²) < 4.78 is 55.0. The van der Waals surface area contributed by atoms with Gasteiger partial charge in [0.05, 0.1) is 22.1 Å². The standard InChI is InChI=1S/C7H12N2O5S3.K/c1-16(10,11)9-7-8-6(5-15-7)3-2-4-17(12,13)14;/h5H,2-4H2,1H3,(H,8,9)(H,12,13,14);/q;+1/p-1. The van der Waals surface area contributed by atoms with Crippen molar-refractivity contribution >= 4 is 36.6 Å². The number of anilines is 1. The Morgan fingerprint density at radius 2 is 2.00 bits per heavy atom. The molecule has 1 heterocycles. The van der Waals surface area contributed by atoms with Gasteiger partial charge in [-0.15, -0.1) is 11.3 Å². The molecule has 0 aliphatic heterocycles. The van der Waals surface area contributed by atoms with E-state index in [9.17, 15) is 21.4 Å². The molecular formula is C7H11KN2O5S3. The molecule has 1 rings (SSSR count). The number of aromatic nitrogens is 1. The summed E-state index contributed by atoms with van der Waals surface area (Å²) in [5.74, 6) is -0.445. The number of sulfonamides is 1. The third-order valence-electron chi connectivity index (χ3n) is 1.65. The molecule has 0 saturated heterocycles. The molecule has 0 amide bonds. The van der Waals surface area contributed by atoms with Gasteiger partial charge in [-0.05, 0) is 12.8 Å². The van der Waals surface area contributed by atoms with Crippen LogP contribution in [0, 0.1) is 0 Å². The van der Waals surface area contributed by atoms with Crippen LogP contribution in [0.1, 0.15) is 12.1 Å². The van der Waals surface area contributed by atoms with Gasteiger partial charge >= 0.3 is 51.4 Å². The van der Waals surface area contributed by atoms with Crippen LogP contribution in [0.3, 0.4) is 0 Å². The maximum atomic E-state index is 10.9. The summed E-state index contributed by atoms with van der Waals surface area (Å²) in [4.78, 5) is 3.95. The van der Waals surface area contributed by atoms with Crippen molar-refractivity contribution in [1.82, 2.24) is 4.98 Å². The first-order chi connectivity index (χ1) is 7.66. The third-order valence-corrected chi connectivity index (χ3v) is 3.94. The van der Waals surface area contributed by atoms with Crippen LogP contribution < -0.4 is 56.1 Å². The van der Waals surface area contributed by atoms with E-state index in [4.69, 9.17) is 0 Å². The average molecular weight is 338 g/mol. The van der Waals surface area contributed by atoms with Gasteiger partial charge in [0.2, 0.25) is 10.0 Å². The first-order valence-corrected chi connectivity index (χ1v) is 8.86. The molecule has 0 aliphatic carbocycles. The van der Waals surface area contributed by atoms with E-state index in [1.54, 1.807) is 5.38 Å². The minimum absolute atomic E-state index is 0. The van der Waals surface area contributed by atoms with Crippen molar-refractivity contribution in [3.8, 4) is 0 Å². The predicted molar refractivity (Wildman–Crippen MR) is 63.5 cm³/mol. The Morgan fingerprint density at radius 1 is 1.39 bits per heavy atom. The van der Waals surface area contributed by atoms with Crippen LogP contribution in [0.25, 0.3) is 0 Å². The number of nitrogens with zero attached hydrogens (tertiary/aromatic N) is 1. The van der Waals surface area contributed by atoms with Gasteiger partial charge in [-0.2, -0.15) is 0 Å². The molecule has 0 atom stereocenters. The first-order valence-electron chi connectivity index (χ1n) is 4.51. The average Bonchev–Trinajstić information content (AvgIpc) is 2.46. The minimum Gasteiger partial charge on any atom is -0.748 e. The van der Waals surface area contributed by atoms with Crippen molar-refractivity contribution in [1.29, 1.82) is 0 Å². The van der Waals surface area contributed by atoms with E-state index in [-0.39, 0.29) is 62.9 Å². The maximum absolute atomic E-state index is 10.9. The largest absolute Gasteiger partial charge is 1.00 e. The summed E-state index contributed by atoms with van der Waals surface area (Å²) in [7, 11) is -7.56. The van der Waals surface area contributed by atoms with Crippen LogP contribution in [0.4, 0.5) is 5.13 Å². The van der Waals surface area contributed by atoms with Crippen molar-refractivity contribution < 1.29 is 72.8 Å². The van der Waals surface area contributed by atoms with E-state index in [1.807, 2.05) is 0 Å². The molecule has 0 radical (unpaired) electrons. The Hall–Kier alpha value is 0.926. The molecule has 11 heteroatoms. The zero-order chi connectivity index (χ0) is 13.1. The third kappa shape index (κ3) is 8.93. The van der Waals surface area contributed by atoms with Crippen LogP contribution in [-0.4, -0.2) is 38.4 Å². The molecule has 1 aromatic rings. The second-order valence-corrected chi connectivity index (χ2v) is 7.51. The van der Waals surface area contributed by atoms with Crippen molar-refractivity contribution in [2.24, 2.45) is 0 Å². The van der Waals surface area contributed by atoms with Crippen molar-refractivity contribution in [2.75, 3.05) is 16.7 Å². The van der Waals surface area contributed by atoms with Crippen molar-refractivity contribution in [3.63, 3.8) is 0 Å². The molecule has 0 saturated carbocycles. The smallest absolute Gasteiger partial charge is 0.748 e. The van der Waals surface area contributed by atoms with Crippen molar-refractivity contribution in [3.05, 3.63) is 11.1 Å². The Kier molecular flexibility index (Phi) is 8.03. The molecule has 0 aliphatic rings. The van der Waals surface area contributed by atoms with Gasteiger partial charge in [0.15, 0.2) is 5.13 Å². The number of hydrogen-bond acceptors (Lipinski definition) is 7. The molecule has 0 spiro atoms. The number of aryl methyl sites for hydroxylation is 1. The number of nitrogens with one attached hydrogen (secondary N) is 1. The molecule has 0 unspecified atom stereocenters. The second-order valence-electron chi connectivity index (χ2n) is 3.38. The Morgan fingerprint density at radius 3 is 2.50 bits per heavy atom. The fraction of sp³-hybridized carbons (Fsp3) is 0.571. The van der Waals surface area contributed by atoms with E-state index in [2.05, 4.69) is 9.71 Å². The SMILES string of the molecule is CS(=O)(=O)Nc1nc(CCCS(=O)(=O)[O-])cs1.[K+]. The number of thiazole rings is 1. The van der Waals surface area contributed by atoms with Gasteiger partial charge in [0.25, 0.3) is 0 Å². The zero-order valence-electron chi connectivity index (χ0n) is 9.91. The molecule has 1 aromatic heterocycles. The number of rotatable bonds is 6. The molecule has 0 aromatic carbocycles. The van der Waals surface area contributed by atoms with Gasteiger partial charge < -0.3 is 4.55 Å². The normalized spacial score (nSPS) is 11.9. The van der Waals surface area contributed by atoms with Crippen LogP contribution in [-0.2, 0) is 26.6 Å². The van der Waals surface area contributed by atoms with E-state index >= 15 is 0 Å². The van der Waals surface area contributed by atoms with Crippen LogP contribution in [0.5, 0.6) is 0 Å². The molecule has 0 fully saturated rings. The topological polar surface area (TPSA) is 116 Å². The molecular weight excluding hydrogens is 327 g/mol. The number of hydrogen-bond donors (Lipinski definition) is 1. The molecule has 18 heavy (non-hydrogen) atoms. The summed E-state index contributed by atoms with van der Waals surface area (Å²) in [5.41, 5.74) is 0.560. The van der Waals surface area contributed by atoms with E-state index in [1.165, 1.54) is 0 Å². The summed E-state index contributed by atoms with van der Waals surface area (Å²) in [6, 6.07) is 0. The fourth-order valence-electron chi connectivity index (χ4n) is 1.06. The van der Waals surface area contributed by atoms with E-state index in [0.717, 1.165) is 17.6 Å². The summed E-state index contributed by atoms with van der Waals surface area (Å²) in [6.45, 7) is 0. The fourth-order valence-corrected chi connectivity index (χ4v) is 3.15. The Bertz CT molecular complexity index is 580. The zero-order valence-corrected chi connectivity index (χ0v) is 15.5.